The van der Waals surface area contributed by atoms with E-state index < -0.39 is 0 Å². The molecular weight excluding hydrogens is 282 g/mol. The third-order valence-corrected chi connectivity index (χ3v) is 3.62. The van der Waals surface area contributed by atoms with Gasteiger partial charge in [-0.25, -0.2) is 0 Å². The summed E-state index contributed by atoms with van der Waals surface area (Å²) in [6.07, 6.45) is 2.73. The second-order valence-corrected chi connectivity index (χ2v) is 5.42. The molecule has 0 saturated carbocycles. The summed E-state index contributed by atoms with van der Waals surface area (Å²) < 4.78 is 16.3. The van der Waals surface area contributed by atoms with Gasteiger partial charge in [0.15, 0.2) is 0 Å². The minimum atomic E-state index is -0.180. The number of nitrogens with two attached hydrogens (primary N) is 1. The predicted molar refractivity (Wildman–Crippen MR) is 84.4 cm³/mol. The van der Waals surface area contributed by atoms with Gasteiger partial charge >= 0.3 is 5.97 Å². The van der Waals surface area contributed by atoms with Crippen molar-refractivity contribution in [3.05, 3.63) is 23.3 Å². The van der Waals surface area contributed by atoms with E-state index in [0.29, 0.717) is 32.7 Å². The molecule has 0 bridgehead atoms. The van der Waals surface area contributed by atoms with Crippen molar-refractivity contribution in [3.8, 4) is 11.5 Å². The molecule has 0 radical (unpaired) electrons. The van der Waals surface area contributed by atoms with Crippen molar-refractivity contribution in [2.45, 2.75) is 45.6 Å². The summed E-state index contributed by atoms with van der Waals surface area (Å²) in [6.45, 7) is 5.29. The summed E-state index contributed by atoms with van der Waals surface area (Å²) in [6, 6.07) is 4.12. The Bertz CT molecular complexity index is 516. The molecule has 1 unspecified atom stereocenters. The van der Waals surface area contributed by atoms with Gasteiger partial charge in [0, 0.05) is 18.5 Å². The van der Waals surface area contributed by atoms with E-state index in [4.69, 9.17) is 19.9 Å². The molecule has 0 aliphatic heterocycles. The fraction of sp³-hybridized carbons (Fsp3) is 0.588. The van der Waals surface area contributed by atoms with Gasteiger partial charge in [0.1, 0.15) is 11.5 Å². The van der Waals surface area contributed by atoms with E-state index in [1.807, 2.05) is 19.1 Å². The lowest BCUT2D eigenvalue weighted by atomic mass is 10.1. The Hall–Kier alpha value is -1.75. The van der Waals surface area contributed by atoms with Gasteiger partial charge in [0.25, 0.3) is 0 Å². The number of carbonyl (C=O) groups is 1. The normalized spacial score (nSPS) is 16.2. The highest BCUT2D eigenvalue weighted by Gasteiger charge is 2.23. The highest BCUT2D eigenvalue weighted by Crippen LogP contribution is 2.34. The lowest BCUT2D eigenvalue weighted by molar-refractivity contribution is -0.143. The first-order valence-corrected chi connectivity index (χ1v) is 7.96. The number of rotatable bonds is 8. The maximum absolute atomic E-state index is 11.3. The van der Waals surface area contributed by atoms with E-state index in [1.54, 1.807) is 6.92 Å². The van der Waals surface area contributed by atoms with Gasteiger partial charge in [-0.1, -0.05) is 0 Å². The van der Waals surface area contributed by atoms with Crippen molar-refractivity contribution in [1.29, 1.82) is 0 Å². The smallest absolute Gasteiger partial charge is 0.305 e. The zero-order valence-corrected chi connectivity index (χ0v) is 13.4. The zero-order chi connectivity index (χ0) is 15.9. The molecule has 122 valence electrons. The first-order valence-electron chi connectivity index (χ1n) is 7.96. The predicted octanol–water partition coefficient (Wildman–Crippen LogP) is 2.23. The van der Waals surface area contributed by atoms with Gasteiger partial charge in [0.2, 0.25) is 0 Å². The first-order chi connectivity index (χ1) is 10.6. The zero-order valence-electron chi connectivity index (χ0n) is 13.4. The van der Waals surface area contributed by atoms with Crippen LogP contribution < -0.4 is 15.2 Å². The number of carbonyl (C=O) groups excluding carboxylic acids is 1. The van der Waals surface area contributed by atoms with Gasteiger partial charge in [-0.3, -0.25) is 4.79 Å². The monoisotopic (exact) mass is 307 g/mol. The van der Waals surface area contributed by atoms with Crippen molar-refractivity contribution in [1.82, 2.24) is 0 Å². The highest BCUT2D eigenvalue weighted by molar-refractivity contribution is 5.69. The van der Waals surface area contributed by atoms with Crippen molar-refractivity contribution >= 4 is 5.97 Å². The molecule has 0 saturated heterocycles. The fourth-order valence-electron chi connectivity index (χ4n) is 2.71. The van der Waals surface area contributed by atoms with Crippen molar-refractivity contribution in [2.24, 2.45) is 5.73 Å². The number of ether oxygens (including phenoxy) is 3. The van der Waals surface area contributed by atoms with E-state index in [9.17, 15) is 4.79 Å². The summed E-state index contributed by atoms with van der Waals surface area (Å²) in [7, 11) is 0. The molecule has 0 amide bonds. The molecule has 0 fully saturated rings. The number of hydrogen-bond acceptors (Lipinski definition) is 5. The average Bonchev–Trinajstić information content (AvgIpc) is 2.85. The Balaban J connectivity index is 1.93. The summed E-state index contributed by atoms with van der Waals surface area (Å²) in [5, 5.41) is 0. The largest absolute Gasteiger partial charge is 0.493 e. The molecule has 5 heteroatoms. The van der Waals surface area contributed by atoms with Crippen LogP contribution in [0.3, 0.4) is 0 Å². The first kappa shape index (κ1) is 16.6. The van der Waals surface area contributed by atoms with Crippen LogP contribution in [0.1, 0.15) is 37.8 Å². The second kappa shape index (κ2) is 8.03. The van der Waals surface area contributed by atoms with Crippen molar-refractivity contribution < 1.29 is 19.0 Å². The Morgan fingerprint density at radius 3 is 2.77 bits per heavy atom. The van der Waals surface area contributed by atoms with Crippen LogP contribution >= 0.6 is 0 Å². The summed E-state index contributed by atoms with van der Waals surface area (Å²) in [4.78, 5) is 11.3. The Morgan fingerprint density at radius 2 is 2.05 bits per heavy atom. The SMILES string of the molecule is CCOC(=O)CCCOc1cc2c(c(OCC)c1)CC(N)C2. The minimum Gasteiger partial charge on any atom is -0.493 e. The molecule has 1 aromatic rings. The molecule has 1 aromatic carbocycles. The van der Waals surface area contributed by atoms with Crippen LogP contribution in [0.25, 0.3) is 0 Å². The van der Waals surface area contributed by atoms with Crippen LogP contribution in [-0.4, -0.2) is 31.8 Å². The van der Waals surface area contributed by atoms with Crippen LogP contribution in [-0.2, 0) is 22.4 Å². The molecule has 5 nitrogen and oxygen atoms in total. The van der Waals surface area contributed by atoms with Gasteiger partial charge < -0.3 is 19.9 Å². The van der Waals surface area contributed by atoms with Gasteiger partial charge in [0.05, 0.1) is 19.8 Å². The van der Waals surface area contributed by atoms with Crippen LogP contribution in [0.15, 0.2) is 12.1 Å². The average molecular weight is 307 g/mol. The molecule has 2 rings (SSSR count). The van der Waals surface area contributed by atoms with Crippen LogP contribution in [0.4, 0.5) is 0 Å². The number of hydrogen-bond donors (Lipinski definition) is 1. The molecule has 2 N–H and O–H groups in total. The molecule has 0 aromatic heterocycles. The topological polar surface area (TPSA) is 70.8 Å². The minimum absolute atomic E-state index is 0.160. The summed E-state index contributed by atoms with van der Waals surface area (Å²) in [5.74, 6) is 1.47. The van der Waals surface area contributed by atoms with E-state index >= 15 is 0 Å². The van der Waals surface area contributed by atoms with Crippen molar-refractivity contribution in [3.63, 3.8) is 0 Å². The number of esters is 1. The van der Waals surface area contributed by atoms with Crippen molar-refractivity contribution in [2.75, 3.05) is 19.8 Å². The van der Waals surface area contributed by atoms with E-state index in [-0.39, 0.29) is 12.0 Å². The van der Waals surface area contributed by atoms with Crippen LogP contribution in [0.5, 0.6) is 11.5 Å². The van der Waals surface area contributed by atoms with E-state index in [1.165, 1.54) is 11.1 Å². The van der Waals surface area contributed by atoms with Crippen LogP contribution in [0.2, 0.25) is 0 Å². The number of fused-ring (bicyclic) bond motifs is 1. The molecule has 1 aliphatic rings. The van der Waals surface area contributed by atoms with Gasteiger partial charge in [-0.05, 0) is 50.3 Å². The molecule has 1 atom stereocenters. The third kappa shape index (κ3) is 4.37. The fourth-order valence-corrected chi connectivity index (χ4v) is 2.71. The van der Waals surface area contributed by atoms with E-state index in [2.05, 4.69) is 0 Å². The quantitative estimate of drug-likeness (QED) is 0.589. The molecule has 22 heavy (non-hydrogen) atoms. The second-order valence-electron chi connectivity index (χ2n) is 5.42. The highest BCUT2D eigenvalue weighted by atomic mass is 16.5. The summed E-state index contributed by atoms with van der Waals surface area (Å²) >= 11 is 0. The maximum atomic E-state index is 11.3. The molecule has 0 spiro atoms. The number of benzene rings is 1. The third-order valence-electron chi connectivity index (χ3n) is 3.62. The molecule has 1 aliphatic carbocycles. The lowest BCUT2D eigenvalue weighted by Gasteiger charge is -2.13. The Labute approximate surface area is 131 Å². The molecule has 0 heterocycles. The Morgan fingerprint density at radius 1 is 1.23 bits per heavy atom. The maximum Gasteiger partial charge on any atom is 0.305 e. The Kier molecular flexibility index (Phi) is 6.07. The summed E-state index contributed by atoms with van der Waals surface area (Å²) in [5.41, 5.74) is 8.45. The molecular formula is C17H25NO4. The van der Waals surface area contributed by atoms with Gasteiger partial charge in [-0.2, -0.15) is 0 Å². The lowest BCUT2D eigenvalue weighted by Crippen LogP contribution is -2.19. The standard InChI is InChI=1S/C17H25NO4/c1-3-20-16-11-14(9-12-8-13(18)10-15(12)16)22-7-5-6-17(19)21-4-2/h9,11,13H,3-8,10,18H2,1-2H3. The van der Waals surface area contributed by atoms with Crippen LogP contribution in [0, 0.1) is 0 Å². The van der Waals surface area contributed by atoms with Gasteiger partial charge in [-0.15, -0.1) is 0 Å². The van der Waals surface area contributed by atoms with E-state index in [0.717, 1.165) is 24.3 Å².